The second kappa shape index (κ2) is 66.6. The van der Waals surface area contributed by atoms with Gasteiger partial charge in [-0.15, -0.1) is 0 Å². The SMILES string of the molecule is CCCC/C=C\C/C=C\CCCCCCCC(=O)OCC(COC(=O)CCCCCCCCCCCCCC/C=C\C/C=C\C/C=C\CCCCCCC)OC(=O)CCCCCCCCCCCCCCCCCCCCC. The van der Waals surface area contributed by atoms with Crippen LogP contribution >= 0.6 is 0 Å². The molecule has 0 bridgehead atoms. The zero-order valence-corrected chi connectivity index (χ0v) is 52.2. The topological polar surface area (TPSA) is 78.9 Å². The molecule has 0 rings (SSSR count). The van der Waals surface area contributed by atoms with Crippen LogP contribution in [0, 0.1) is 0 Å². The summed E-state index contributed by atoms with van der Waals surface area (Å²) in [6, 6.07) is 0. The monoisotopic (exact) mass is 1090 g/mol. The zero-order chi connectivity index (χ0) is 56.4. The van der Waals surface area contributed by atoms with Gasteiger partial charge >= 0.3 is 17.9 Å². The summed E-state index contributed by atoms with van der Waals surface area (Å²) in [6.45, 7) is 6.63. The highest BCUT2D eigenvalue weighted by Gasteiger charge is 2.19. The van der Waals surface area contributed by atoms with Crippen molar-refractivity contribution >= 4 is 17.9 Å². The standard InChI is InChI=1S/C72H130O6/c1-4-7-10-13-16-19-22-25-28-30-32-33-34-35-36-37-38-39-41-42-44-47-50-53-56-59-62-65-71(74)77-68-69(67-76-70(73)64-61-58-55-52-49-46-27-24-21-18-15-12-9-6-3)78-72(75)66-63-60-57-54-51-48-45-43-40-31-29-26-23-20-17-14-11-8-5-2/h15,18,22,24-25,27,30,32,34-35,69H,4-14,16-17,19-21,23,26,28-29,31,33,36-68H2,1-3H3/b18-15-,25-22-,27-24-,32-30-,35-34-. The molecule has 1 unspecified atom stereocenters. The van der Waals surface area contributed by atoms with Crippen LogP contribution in [0.5, 0.6) is 0 Å². The third-order valence-electron chi connectivity index (χ3n) is 15.2. The third-order valence-corrected chi connectivity index (χ3v) is 15.2. The Morgan fingerprint density at radius 1 is 0.256 bits per heavy atom. The van der Waals surface area contributed by atoms with E-state index in [-0.39, 0.29) is 31.1 Å². The van der Waals surface area contributed by atoms with Gasteiger partial charge in [0, 0.05) is 19.3 Å². The summed E-state index contributed by atoms with van der Waals surface area (Å²) < 4.78 is 17.0. The Morgan fingerprint density at radius 3 is 0.756 bits per heavy atom. The fourth-order valence-electron chi connectivity index (χ4n) is 10.1. The first kappa shape index (κ1) is 75.1. The number of allylic oxidation sites excluding steroid dienone is 10. The summed E-state index contributed by atoms with van der Waals surface area (Å²) in [5.74, 6) is -0.870. The van der Waals surface area contributed by atoms with E-state index in [0.29, 0.717) is 19.3 Å². The van der Waals surface area contributed by atoms with E-state index in [4.69, 9.17) is 14.2 Å². The Bertz CT molecular complexity index is 1390. The molecule has 0 aliphatic heterocycles. The molecule has 6 nitrogen and oxygen atoms in total. The summed E-state index contributed by atoms with van der Waals surface area (Å²) in [4.78, 5) is 38.4. The normalized spacial score (nSPS) is 12.4. The van der Waals surface area contributed by atoms with Crippen LogP contribution in [0.4, 0.5) is 0 Å². The first-order chi connectivity index (χ1) is 38.5. The maximum atomic E-state index is 12.9. The lowest BCUT2D eigenvalue weighted by atomic mass is 10.0. The van der Waals surface area contributed by atoms with Crippen molar-refractivity contribution in [1.29, 1.82) is 0 Å². The quantitative estimate of drug-likeness (QED) is 0.0261. The Labute approximate surface area is 485 Å². The first-order valence-electron chi connectivity index (χ1n) is 34.3. The molecular weight excluding hydrogens is 961 g/mol. The molecule has 0 aliphatic carbocycles. The summed E-state index contributed by atoms with van der Waals surface area (Å²) >= 11 is 0. The lowest BCUT2D eigenvalue weighted by Gasteiger charge is -2.18. The second-order valence-electron chi connectivity index (χ2n) is 23.1. The highest BCUT2D eigenvalue weighted by Crippen LogP contribution is 2.18. The van der Waals surface area contributed by atoms with Crippen molar-refractivity contribution < 1.29 is 28.6 Å². The minimum Gasteiger partial charge on any atom is -0.462 e. The lowest BCUT2D eigenvalue weighted by Crippen LogP contribution is -2.30. The van der Waals surface area contributed by atoms with E-state index < -0.39 is 6.10 Å². The molecule has 0 saturated heterocycles. The smallest absolute Gasteiger partial charge is 0.306 e. The molecule has 454 valence electrons. The molecule has 0 aliphatic rings. The summed E-state index contributed by atoms with van der Waals surface area (Å²) in [5.41, 5.74) is 0. The Morgan fingerprint density at radius 2 is 0.474 bits per heavy atom. The lowest BCUT2D eigenvalue weighted by molar-refractivity contribution is -0.167. The van der Waals surface area contributed by atoms with Crippen LogP contribution in [0.25, 0.3) is 0 Å². The van der Waals surface area contributed by atoms with E-state index in [1.54, 1.807) is 0 Å². The predicted molar refractivity (Wildman–Crippen MR) is 339 cm³/mol. The number of rotatable bonds is 63. The molecule has 0 aromatic rings. The molecule has 0 saturated carbocycles. The Balaban J connectivity index is 4.27. The largest absolute Gasteiger partial charge is 0.462 e. The van der Waals surface area contributed by atoms with Gasteiger partial charge in [-0.05, 0) is 83.5 Å². The van der Waals surface area contributed by atoms with E-state index in [1.165, 1.54) is 231 Å². The van der Waals surface area contributed by atoms with Crippen molar-refractivity contribution in [1.82, 2.24) is 0 Å². The fraction of sp³-hybridized carbons (Fsp3) is 0.819. The van der Waals surface area contributed by atoms with Gasteiger partial charge in [0.15, 0.2) is 6.10 Å². The fourth-order valence-corrected chi connectivity index (χ4v) is 10.1. The van der Waals surface area contributed by atoms with Gasteiger partial charge in [-0.3, -0.25) is 14.4 Å². The average Bonchev–Trinajstić information content (AvgIpc) is 3.44. The van der Waals surface area contributed by atoms with Crippen LogP contribution in [0.3, 0.4) is 0 Å². The first-order valence-corrected chi connectivity index (χ1v) is 34.3. The van der Waals surface area contributed by atoms with E-state index in [1.807, 2.05) is 0 Å². The number of hydrogen-bond acceptors (Lipinski definition) is 6. The number of carbonyl (C=O) groups excluding carboxylic acids is 3. The molecule has 6 heteroatoms. The number of unbranched alkanes of at least 4 members (excludes halogenated alkanes) is 42. The van der Waals surface area contributed by atoms with Gasteiger partial charge < -0.3 is 14.2 Å². The average molecular weight is 1090 g/mol. The molecule has 0 aromatic carbocycles. The molecular formula is C72H130O6. The molecule has 0 N–H and O–H groups in total. The third kappa shape index (κ3) is 63.9. The number of ether oxygens (including phenoxy) is 3. The summed E-state index contributed by atoms with van der Waals surface area (Å²) in [5, 5.41) is 0. The van der Waals surface area contributed by atoms with Crippen LogP contribution in [0.15, 0.2) is 60.8 Å². The summed E-state index contributed by atoms with van der Waals surface area (Å²) in [6.07, 6.45) is 85.2. The van der Waals surface area contributed by atoms with Crippen LogP contribution in [0.1, 0.15) is 361 Å². The maximum Gasteiger partial charge on any atom is 0.306 e. The highest BCUT2D eigenvalue weighted by molar-refractivity contribution is 5.71. The van der Waals surface area contributed by atoms with Gasteiger partial charge in [-0.2, -0.15) is 0 Å². The van der Waals surface area contributed by atoms with Gasteiger partial charge in [0.1, 0.15) is 13.2 Å². The Hall–Kier alpha value is -2.89. The van der Waals surface area contributed by atoms with Crippen LogP contribution in [0.2, 0.25) is 0 Å². The van der Waals surface area contributed by atoms with Crippen molar-refractivity contribution in [3.05, 3.63) is 60.8 Å². The van der Waals surface area contributed by atoms with Gasteiger partial charge in [0.2, 0.25) is 0 Å². The van der Waals surface area contributed by atoms with Gasteiger partial charge in [-0.1, -0.05) is 319 Å². The summed E-state index contributed by atoms with van der Waals surface area (Å²) in [7, 11) is 0. The predicted octanol–water partition coefficient (Wildman–Crippen LogP) is 23.5. The minimum atomic E-state index is -0.780. The van der Waals surface area contributed by atoms with E-state index in [2.05, 4.69) is 81.5 Å². The molecule has 0 aromatic heterocycles. The van der Waals surface area contributed by atoms with Crippen molar-refractivity contribution in [2.24, 2.45) is 0 Å². The van der Waals surface area contributed by atoms with Gasteiger partial charge in [0.05, 0.1) is 0 Å². The van der Waals surface area contributed by atoms with Crippen molar-refractivity contribution in [3.8, 4) is 0 Å². The zero-order valence-electron chi connectivity index (χ0n) is 52.2. The molecule has 78 heavy (non-hydrogen) atoms. The van der Waals surface area contributed by atoms with Crippen molar-refractivity contribution in [2.75, 3.05) is 13.2 Å². The Kier molecular flexibility index (Phi) is 64.2. The van der Waals surface area contributed by atoms with E-state index in [9.17, 15) is 14.4 Å². The maximum absolute atomic E-state index is 12.9. The molecule has 0 amide bonds. The highest BCUT2D eigenvalue weighted by atomic mass is 16.6. The number of carbonyl (C=O) groups is 3. The number of esters is 3. The molecule has 1 atom stereocenters. The van der Waals surface area contributed by atoms with Crippen LogP contribution in [-0.4, -0.2) is 37.2 Å². The van der Waals surface area contributed by atoms with Crippen molar-refractivity contribution in [2.45, 2.75) is 367 Å². The molecule has 0 heterocycles. The van der Waals surface area contributed by atoms with Crippen molar-refractivity contribution in [3.63, 3.8) is 0 Å². The van der Waals surface area contributed by atoms with Gasteiger partial charge in [0.25, 0.3) is 0 Å². The molecule has 0 fully saturated rings. The van der Waals surface area contributed by atoms with E-state index >= 15 is 0 Å². The van der Waals surface area contributed by atoms with Gasteiger partial charge in [-0.25, -0.2) is 0 Å². The van der Waals surface area contributed by atoms with Crippen LogP contribution in [-0.2, 0) is 28.6 Å². The number of hydrogen-bond donors (Lipinski definition) is 0. The molecule has 0 spiro atoms. The minimum absolute atomic E-state index is 0.0761. The molecule has 0 radical (unpaired) electrons. The van der Waals surface area contributed by atoms with E-state index in [0.717, 1.165) is 89.9 Å². The second-order valence-corrected chi connectivity index (χ2v) is 23.1. The van der Waals surface area contributed by atoms with Crippen LogP contribution < -0.4 is 0 Å².